The largest absolute Gasteiger partial charge is 0.324 e. The maximum atomic E-state index is 6.42. The van der Waals surface area contributed by atoms with E-state index in [1.807, 2.05) is 18.2 Å². The first-order valence-corrected chi connectivity index (χ1v) is 8.28. The molecule has 0 bridgehead atoms. The van der Waals surface area contributed by atoms with Gasteiger partial charge in [-0.15, -0.1) is 0 Å². The average Bonchev–Trinajstić information content (AvgIpc) is 3.04. The van der Waals surface area contributed by atoms with Crippen molar-refractivity contribution in [3.8, 4) is 0 Å². The van der Waals surface area contributed by atoms with Crippen LogP contribution in [-0.4, -0.2) is 14.8 Å². The van der Waals surface area contributed by atoms with Crippen LogP contribution in [0.2, 0.25) is 10.0 Å². The molecule has 2 heterocycles. The fraction of sp³-hybridized carbons (Fsp3) is 0.111. The molecule has 0 saturated heterocycles. The summed E-state index contributed by atoms with van der Waals surface area (Å²) in [5.41, 5.74) is 4.06. The van der Waals surface area contributed by atoms with Crippen molar-refractivity contribution in [2.75, 3.05) is 5.32 Å². The third-order valence-electron chi connectivity index (χ3n) is 4.07. The van der Waals surface area contributed by atoms with E-state index in [4.69, 9.17) is 23.2 Å². The van der Waals surface area contributed by atoms with Gasteiger partial charge in [-0.1, -0.05) is 59.1 Å². The smallest absolute Gasteiger partial charge is 0.226 e. The molecular weight excluding hydrogens is 343 g/mol. The van der Waals surface area contributed by atoms with Gasteiger partial charge in [-0.3, -0.25) is 0 Å². The van der Waals surface area contributed by atoms with Gasteiger partial charge in [0.1, 0.15) is 12.4 Å². The minimum Gasteiger partial charge on any atom is -0.324 e. The Morgan fingerprint density at radius 1 is 1.04 bits per heavy atom. The maximum Gasteiger partial charge on any atom is 0.226 e. The van der Waals surface area contributed by atoms with E-state index in [0.29, 0.717) is 16.0 Å². The Kier molecular flexibility index (Phi) is 3.79. The number of benzene rings is 2. The quantitative estimate of drug-likeness (QED) is 0.706. The van der Waals surface area contributed by atoms with Gasteiger partial charge in [-0.2, -0.15) is 10.1 Å². The first-order chi connectivity index (χ1) is 11.6. The molecule has 0 saturated carbocycles. The second-order valence-electron chi connectivity index (χ2n) is 5.68. The summed E-state index contributed by atoms with van der Waals surface area (Å²) in [5.74, 6) is 0.661. The fourth-order valence-electron chi connectivity index (χ4n) is 2.83. The van der Waals surface area contributed by atoms with Crippen molar-refractivity contribution in [2.45, 2.75) is 13.0 Å². The molecule has 120 valence electrons. The summed E-state index contributed by atoms with van der Waals surface area (Å²) in [6, 6.07) is 13.6. The summed E-state index contributed by atoms with van der Waals surface area (Å²) in [6.07, 6.45) is 3.59. The van der Waals surface area contributed by atoms with Crippen molar-refractivity contribution in [3.63, 3.8) is 0 Å². The molecule has 4 nitrogen and oxygen atoms in total. The van der Waals surface area contributed by atoms with E-state index in [-0.39, 0.29) is 6.04 Å². The van der Waals surface area contributed by atoms with E-state index in [2.05, 4.69) is 52.7 Å². The summed E-state index contributed by atoms with van der Waals surface area (Å²) in [5, 5.41) is 8.85. The Balaban J connectivity index is 1.87. The lowest BCUT2D eigenvalue weighted by Crippen LogP contribution is -2.20. The van der Waals surface area contributed by atoms with E-state index < -0.39 is 0 Å². The van der Waals surface area contributed by atoms with Crippen molar-refractivity contribution in [1.29, 1.82) is 0 Å². The topological polar surface area (TPSA) is 42.7 Å². The van der Waals surface area contributed by atoms with Gasteiger partial charge in [-0.25, -0.2) is 4.68 Å². The van der Waals surface area contributed by atoms with Crippen molar-refractivity contribution in [2.24, 2.45) is 0 Å². The molecule has 6 heteroatoms. The number of hydrogen-bond donors (Lipinski definition) is 1. The summed E-state index contributed by atoms with van der Waals surface area (Å²) in [7, 11) is 0. The Morgan fingerprint density at radius 3 is 2.46 bits per heavy atom. The van der Waals surface area contributed by atoms with Crippen LogP contribution in [0.3, 0.4) is 0 Å². The highest BCUT2D eigenvalue weighted by molar-refractivity contribution is 6.36. The monoisotopic (exact) mass is 356 g/mol. The lowest BCUT2D eigenvalue weighted by atomic mass is 10.0. The van der Waals surface area contributed by atoms with Crippen LogP contribution in [-0.2, 0) is 0 Å². The summed E-state index contributed by atoms with van der Waals surface area (Å²) in [4.78, 5) is 4.30. The predicted molar refractivity (Wildman–Crippen MR) is 97.4 cm³/mol. The second kappa shape index (κ2) is 5.96. The first kappa shape index (κ1) is 15.2. The molecule has 1 atom stereocenters. The molecule has 2 aromatic carbocycles. The van der Waals surface area contributed by atoms with Crippen LogP contribution in [0.4, 0.5) is 5.95 Å². The van der Waals surface area contributed by atoms with Crippen LogP contribution in [0.1, 0.15) is 22.7 Å². The molecule has 24 heavy (non-hydrogen) atoms. The number of aromatic nitrogens is 3. The van der Waals surface area contributed by atoms with Gasteiger partial charge < -0.3 is 5.32 Å². The third kappa shape index (κ3) is 2.58. The number of nitrogens with one attached hydrogen (secondary N) is 1. The van der Waals surface area contributed by atoms with Crippen LogP contribution < -0.4 is 5.32 Å². The first-order valence-electron chi connectivity index (χ1n) is 7.53. The van der Waals surface area contributed by atoms with Gasteiger partial charge in [0.2, 0.25) is 5.95 Å². The van der Waals surface area contributed by atoms with E-state index in [1.54, 1.807) is 4.68 Å². The zero-order chi connectivity index (χ0) is 16.7. The minimum atomic E-state index is -0.221. The number of anilines is 1. The van der Waals surface area contributed by atoms with Crippen molar-refractivity contribution < 1.29 is 0 Å². The summed E-state index contributed by atoms with van der Waals surface area (Å²) in [6.45, 7) is 2.06. The number of allylic oxidation sites excluding steroid dienone is 1. The number of halogens is 2. The highest BCUT2D eigenvalue weighted by Gasteiger charge is 2.26. The molecule has 1 aromatic heterocycles. The molecule has 4 rings (SSSR count). The zero-order valence-corrected chi connectivity index (χ0v) is 14.4. The highest BCUT2D eigenvalue weighted by Crippen LogP contribution is 2.38. The summed E-state index contributed by atoms with van der Waals surface area (Å²) < 4.78 is 1.78. The molecule has 1 aliphatic heterocycles. The van der Waals surface area contributed by atoms with E-state index in [1.165, 1.54) is 11.9 Å². The molecule has 0 aliphatic carbocycles. The van der Waals surface area contributed by atoms with Crippen molar-refractivity contribution in [1.82, 2.24) is 14.8 Å². The van der Waals surface area contributed by atoms with Crippen LogP contribution in [0.15, 0.2) is 54.9 Å². The van der Waals surface area contributed by atoms with Gasteiger partial charge in [0.15, 0.2) is 0 Å². The van der Waals surface area contributed by atoms with Gasteiger partial charge in [0.05, 0.1) is 0 Å². The second-order valence-corrected chi connectivity index (χ2v) is 6.49. The lowest BCUT2D eigenvalue weighted by molar-refractivity contribution is 0.612. The van der Waals surface area contributed by atoms with Crippen molar-refractivity contribution >= 4 is 34.8 Å². The van der Waals surface area contributed by atoms with Crippen LogP contribution in [0, 0.1) is 6.92 Å². The molecule has 1 N–H and O–H groups in total. The molecular formula is C18H14Cl2N4. The van der Waals surface area contributed by atoms with Gasteiger partial charge >= 0.3 is 0 Å². The predicted octanol–water partition coefficient (Wildman–Crippen LogP) is 4.95. The molecule has 0 fully saturated rings. The molecule has 1 unspecified atom stereocenters. The Hall–Kier alpha value is -2.30. The number of hydrogen-bond acceptors (Lipinski definition) is 3. The number of rotatable bonds is 2. The Labute approximate surface area is 149 Å². The molecule has 3 aromatic rings. The van der Waals surface area contributed by atoms with Crippen LogP contribution in [0.25, 0.3) is 5.70 Å². The maximum absolute atomic E-state index is 6.42. The van der Waals surface area contributed by atoms with E-state index in [0.717, 1.165) is 16.8 Å². The van der Waals surface area contributed by atoms with Crippen molar-refractivity contribution in [3.05, 3.63) is 81.6 Å². The number of aryl methyl sites for hydroxylation is 1. The highest BCUT2D eigenvalue weighted by atomic mass is 35.5. The molecule has 1 aliphatic rings. The Bertz CT molecular complexity index is 908. The van der Waals surface area contributed by atoms with Gasteiger partial charge in [0.25, 0.3) is 0 Å². The van der Waals surface area contributed by atoms with Gasteiger partial charge in [-0.05, 0) is 30.7 Å². The molecule has 0 radical (unpaired) electrons. The van der Waals surface area contributed by atoms with E-state index in [9.17, 15) is 0 Å². The van der Waals surface area contributed by atoms with Gasteiger partial charge in [0, 0.05) is 21.3 Å². The van der Waals surface area contributed by atoms with E-state index >= 15 is 0 Å². The lowest BCUT2D eigenvalue weighted by Gasteiger charge is -2.25. The number of fused-ring (bicyclic) bond motifs is 1. The van der Waals surface area contributed by atoms with Crippen LogP contribution >= 0.6 is 23.2 Å². The number of nitrogens with zero attached hydrogens (tertiary/aromatic N) is 3. The summed E-state index contributed by atoms with van der Waals surface area (Å²) >= 11 is 12.8. The minimum absolute atomic E-state index is 0.221. The third-order valence-corrected chi connectivity index (χ3v) is 4.72. The molecule has 0 amide bonds. The Morgan fingerprint density at radius 2 is 1.75 bits per heavy atom. The average molecular weight is 357 g/mol. The fourth-order valence-corrected chi connectivity index (χ4v) is 3.46. The SMILES string of the molecule is Cc1ccc(C2=CC(c3c(Cl)cccc3Cl)n3ncnc3N2)cc1. The standard InChI is InChI=1S/C18H14Cl2N4/c1-11-5-7-12(8-6-11)15-9-16(24-18(23-15)21-10-22-24)17-13(19)3-2-4-14(17)20/h2-10,16H,1H3,(H,21,22,23). The van der Waals surface area contributed by atoms with Crippen LogP contribution in [0.5, 0.6) is 0 Å². The normalized spacial score (nSPS) is 16.3. The zero-order valence-electron chi connectivity index (χ0n) is 12.9. The molecule has 0 spiro atoms.